The number of ketones is 1. The number of nitrogens with one attached hydrogen (secondary N) is 1. The molecule has 60 heavy (non-hydrogen) atoms. The van der Waals surface area contributed by atoms with Crippen molar-refractivity contribution in [3.8, 4) is 17.1 Å². The van der Waals surface area contributed by atoms with E-state index < -0.39 is 15.4 Å². The highest BCUT2D eigenvalue weighted by Crippen LogP contribution is 2.42. The van der Waals surface area contributed by atoms with Gasteiger partial charge in [0, 0.05) is 47.1 Å². The van der Waals surface area contributed by atoms with E-state index >= 15 is 0 Å². The number of sulfonamides is 1. The maximum absolute atomic E-state index is 14.1. The second-order valence-corrected chi connectivity index (χ2v) is 20.5. The number of aromatic hydroxyl groups is 1. The first-order valence-electron chi connectivity index (χ1n) is 22.8. The van der Waals surface area contributed by atoms with Crippen molar-refractivity contribution in [1.29, 1.82) is 0 Å². The van der Waals surface area contributed by atoms with Gasteiger partial charge in [-0.1, -0.05) is 111 Å². The fourth-order valence-electron chi connectivity index (χ4n) is 9.57. The molecule has 3 N–H and O–H groups in total. The lowest BCUT2D eigenvalue weighted by molar-refractivity contribution is -0.109. The zero-order chi connectivity index (χ0) is 42.4. The number of anilines is 2. The molecular weight excluding hydrogens is 773 g/mol. The van der Waals surface area contributed by atoms with Gasteiger partial charge in [0.05, 0.1) is 27.8 Å². The quantitative estimate of drug-likeness (QED) is 0.0739. The van der Waals surface area contributed by atoms with Crippen molar-refractivity contribution in [3.63, 3.8) is 0 Å². The molecule has 12 heteroatoms. The molecule has 0 atom stereocenters. The largest absolute Gasteiger partial charge is 0.507 e. The van der Waals surface area contributed by atoms with E-state index in [-0.39, 0.29) is 34.2 Å². The molecule has 324 valence electrons. The van der Waals surface area contributed by atoms with Gasteiger partial charge in [-0.25, -0.2) is 13.4 Å². The number of aliphatic hydroxyl groups is 1. The van der Waals surface area contributed by atoms with Crippen molar-refractivity contribution >= 4 is 44.0 Å². The van der Waals surface area contributed by atoms with Crippen molar-refractivity contribution in [2.45, 2.75) is 149 Å². The van der Waals surface area contributed by atoms with Crippen LogP contribution < -0.4 is 14.8 Å². The predicted octanol–water partition coefficient (Wildman–Crippen LogP) is 10.1. The maximum atomic E-state index is 14.1. The number of aliphatic hydroxyl groups excluding tert-OH is 1. The number of carbonyl (C=O) groups is 1. The van der Waals surface area contributed by atoms with Gasteiger partial charge in [0.1, 0.15) is 11.5 Å². The first-order valence-corrected chi connectivity index (χ1v) is 24.5. The van der Waals surface area contributed by atoms with Crippen LogP contribution in [0.2, 0.25) is 0 Å². The Kier molecular flexibility index (Phi) is 13.9. The van der Waals surface area contributed by atoms with Gasteiger partial charge in [-0.05, 0) is 80.3 Å². The van der Waals surface area contributed by atoms with Crippen LogP contribution in [-0.4, -0.2) is 63.1 Å². The summed E-state index contributed by atoms with van der Waals surface area (Å²) in [6, 6.07) is 12.4. The van der Waals surface area contributed by atoms with Crippen LogP contribution in [0.25, 0.3) is 28.2 Å². The Hall–Kier alpha value is -4.45. The molecule has 7 rings (SSSR count). The molecule has 0 spiro atoms. The fraction of sp³-hybridized carbons (Fsp3) is 0.583. The number of nitrogens with zero attached hydrogens (tertiary/aromatic N) is 5. The number of aromatic nitrogens is 4. The highest BCUT2D eigenvalue weighted by atomic mass is 32.2. The van der Waals surface area contributed by atoms with Gasteiger partial charge in [-0.3, -0.25) is 9.52 Å². The lowest BCUT2D eigenvalue weighted by Gasteiger charge is -2.28. The third-order valence-corrected chi connectivity index (χ3v) is 14.3. The first-order chi connectivity index (χ1) is 28.8. The molecule has 2 aromatic carbocycles. The number of phenols is 1. The molecule has 11 nitrogen and oxygen atoms in total. The van der Waals surface area contributed by atoms with Crippen molar-refractivity contribution in [2.75, 3.05) is 28.5 Å². The predicted molar refractivity (Wildman–Crippen MR) is 242 cm³/mol. The molecular formula is C48H66N6O5S. The summed E-state index contributed by atoms with van der Waals surface area (Å²) < 4.78 is 29.5. The second kappa shape index (κ2) is 19.1. The van der Waals surface area contributed by atoms with E-state index in [0.717, 1.165) is 69.1 Å². The van der Waals surface area contributed by atoms with Crippen LogP contribution in [-0.2, 0) is 20.2 Å². The molecule has 2 heterocycles. The van der Waals surface area contributed by atoms with Crippen LogP contribution in [0.4, 0.5) is 11.4 Å². The van der Waals surface area contributed by atoms with Crippen LogP contribution in [0, 0.1) is 11.8 Å². The number of allylic oxidation sites excluding steroid dienone is 2. The Bertz CT molecular complexity index is 2290. The zero-order valence-electron chi connectivity index (χ0n) is 36.3. The Morgan fingerprint density at radius 2 is 1.42 bits per heavy atom. The van der Waals surface area contributed by atoms with Crippen molar-refractivity contribution in [3.05, 3.63) is 64.7 Å². The van der Waals surface area contributed by atoms with E-state index in [1.54, 1.807) is 36.4 Å². The van der Waals surface area contributed by atoms with E-state index in [1.807, 2.05) is 26.8 Å². The lowest BCUT2D eigenvalue weighted by Crippen LogP contribution is -2.32. The van der Waals surface area contributed by atoms with E-state index in [1.165, 1.54) is 75.3 Å². The number of phenolic OH excluding ortho intramolecular Hbond substituents is 1. The first kappa shape index (κ1) is 43.6. The molecule has 0 amide bonds. The Labute approximate surface area is 356 Å². The van der Waals surface area contributed by atoms with E-state index in [2.05, 4.69) is 21.6 Å². The average molecular weight is 839 g/mol. The minimum atomic E-state index is -3.48. The molecule has 0 bridgehead atoms. The highest BCUT2D eigenvalue weighted by Gasteiger charge is 2.40. The fourth-order valence-corrected chi connectivity index (χ4v) is 10.8. The standard InChI is InChI=1S/C48H66N6O5S/c1-5-6-7-8-9-14-31-60(58,59)52-36-25-23-35(24-26-36)46-49-47-42(45(48(2,3)4)50-54(47)51-46)41-43(56)40(44(41)57)38-28-27-37(32-39(38)55)53(29-15-21-33-17-10-11-18-33)30-16-22-34-19-12-13-20-34/h23-28,32-34,52,55-56H,5-22,29-31H2,1-4H3/b42-41+. The van der Waals surface area contributed by atoms with Crippen LogP contribution in [0.15, 0.2) is 48.2 Å². The van der Waals surface area contributed by atoms with Gasteiger partial charge in [-0.2, -0.15) is 5.10 Å². The summed E-state index contributed by atoms with van der Waals surface area (Å²) in [7, 11) is -3.48. The molecule has 2 fully saturated rings. The molecule has 0 saturated heterocycles. The molecule has 3 aliphatic carbocycles. The van der Waals surface area contributed by atoms with Crippen molar-refractivity contribution in [2.24, 2.45) is 11.8 Å². The van der Waals surface area contributed by atoms with E-state index in [0.29, 0.717) is 45.6 Å². The molecule has 0 unspecified atom stereocenters. The minimum absolute atomic E-state index is 0.0298. The Balaban J connectivity index is 1.11. The normalized spacial score (nSPS) is 17.6. The van der Waals surface area contributed by atoms with Gasteiger partial charge in [0.25, 0.3) is 0 Å². The second-order valence-electron chi connectivity index (χ2n) is 18.7. The number of rotatable bonds is 20. The van der Waals surface area contributed by atoms with Crippen LogP contribution in [0.3, 0.4) is 0 Å². The SMILES string of the molecule is CCCCCCCCS(=O)(=O)Nc1ccc(-c2nc3/c(=C4/C(=O)C(c5ccc(N(CCCC6CCCC6)CCCC6CCCC6)cc5O)=C4O)c(C(C)(C)C)nn3n2)cc1. The third-order valence-electron chi connectivity index (χ3n) is 13.0. The molecule has 4 aromatic rings. The third kappa shape index (κ3) is 10.2. The Morgan fingerprint density at radius 3 is 2.00 bits per heavy atom. The van der Waals surface area contributed by atoms with Crippen LogP contribution >= 0.6 is 0 Å². The summed E-state index contributed by atoms with van der Waals surface area (Å²) in [4.78, 5) is 21.3. The number of Topliss-reactive ketones (excluding diaryl/α,β-unsaturated/α-hetero) is 1. The minimum Gasteiger partial charge on any atom is -0.507 e. The summed E-state index contributed by atoms with van der Waals surface area (Å²) in [6.45, 7) is 9.97. The maximum Gasteiger partial charge on any atom is 0.232 e. The number of unbranched alkanes of at least 4 members (excludes halogenated alkanes) is 5. The summed E-state index contributed by atoms with van der Waals surface area (Å²) in [5.74, 6) is 1.47. The average Bonchev–Trinajstić information content (AvgIpc) is 4.04. The summed E-state index contributed by atoms with van der Waals surface area (Å²) >= 11 is 0. The summed E-state index contributed by atoms with van der Waals surface area (Å²) in [5.41, 5.74) is 2.92. The van der Waals surface area contributed by atoms with Crippen molar-refractivity contribution < 1.29 is 23.4 Å². The van der Waals surface area contributed by atoms with Crippen molar-refractivity contribution in [1.82, 2.24) is 19.8 Å². The molecule has 2 aromatic heterocycles. The number of benzene rings is 2. The smallest absolute Gasteiger partial charge is 0.232 e. The number of carbonyl (C=O) groups excluding carboxylic acids is 1. The van der Waals surface area contributed by atoms with Gasteiger partial charge < -0.3 is 15.1 Å². The molecule has 0 aliphatic heterocycles. The van der Waals surface area contributed by atoms with Gasteiger partial charge in [0.15, 0.2) is 11.5 Å². The number of hydrogen-bond donors (Lipinski definition) is 3. The van der Waals surface area contributed by atoms with Gasteiger partial charge in [-0.15, -0.1) is 9.73 Å². The molecule has 3 aliphatic rings. The monoisotopic (exact) mass is 838 g/mol. The topological polar surface area (TPSA) is 150 Å². The highest BCUT2D eigenvalue weighted by molar-refractivity contribution is 7.92. The number of fused-ring (bicyclic) bond motifs is 1. The lowest BCUT2D eigenvalue weighted by atomic mass is 9.80. The van der Waals surface area contributed by atoms with Gasteiger partial charge in [0.2, 0.25) is 15.8 Å². The molecule has 0 radical (unpaired) electrons. The van der Waals surface area contributed by atoms with Gasteiger partial charge >= 0.3 is 0 Å². The zero-order valence-corrected chi connectivity index (χ0v) is 37.1. The van der Waals surface area contributed by atoms with Crippen LogP contribution in [0.1, 0.15) is 155 Å². The summed E-state index contributed by atoms with van der Waals surface area (Å²) in [6.07, 6.45) is 21.5. The van der Waals surface area contributed by atoms with E-state index in [9.17, 15) is 23.4 Å². The molecule has 2 saturated carbocycles. The summed E-state index contributed by atoms with van der Waals surface area (Å²) in [5, 5.41) is 32.9. The van der Waals surface area contributed by atoms with Crippen LogP contribution in [0.5, 0.6) is 5.75 Å². The Morgan fingerprint density at radius 1 is 0.800 bits per heavy atom. The van der Waals surface area contributed by atoms with E-state index in [4.69, 9.17) is 10.1 Å². The number of hydrogen-bond acceptors (Lipinski definition) is 9.